The van der Waals surface area contributed by atoms with Crippen molar-refractivity contribution in [3.05, 3.63) is 125 Å². The third kappa shape index (κ3) is 3.79. The normalized spacial score (nSPS) is 53.0. The Morgan fingerprint density at radius 2 is 0.807 bits per heavy atom. The molecule has 0 aromatic heterocycles. The topological polar surface area (TPSA) is 112 Å². The van der Waals surface area contributed by atoms with Gasteiger partial charge in [0.2, 0.25) is 0 Å². The van der Waals surface area contributed by atoms with Crippen LogP contribution in [0.25, 0.3) is 153 Å². The van der Waals surface area contributed by atoms with Gasteiger partial charge in [-0.2, -0.15) is 0 Å². The molecule has 20 bridgehead atoms. The van der Waals surface area contributed by atoms with E-state index < -0.39 is 23.8 Å². The molecular formula is C103H70O6. The van der Waals surface area contributed by atoms with Crippen LogP contribution in [0.5, 0.6) is 0 Å². The standard InChI is InChI=1S/C103H70O6/c104-101(105)35-15-32-33-16-36(102(106)107)40-34-17-37(103(108)109)39-31-14-12-29-28-11-13-30-38(35)58-55(32)75-76-56(33)60(40)80-77-57(34)59(39)79-74-54(31)52(29)72-71-51(28)53(30)73-78(58)98-90-68-48-25-8-5-20-18-1-2-19-21-6-9-27-24-7-10-26-23-4-3-22(25)43-44(23)66-69-50(26)47(24)67-70-49(27)46(21)64-62-42(19)41(18)61-63(45(20)48)85(90)93(73)88(71)81(61)82(62)89(72)94(74)86(64)91(70)99(79)97(77)87(67)92(69)100(80)96(76)84(66)83(65(43)68)95(75)98/h3-4,7-10,15-21,28-31,35,38,41-42,45-46,48-49,51-54,58-59,61-64,68,70-74,78-79,81-82,85-86,88-89,93-94H,1-2,5-6,11-14H2,(H,104,105)(H,106,107)(H,108,109)/t18-,19+,20+,21-,28-,29+,30+,31-,35?,38?,41+,42-,45-,46+,48?,49+,51+,52-,53-,54+,58?,59?,61-,62+,63+,64-,68?,70?,71-,72+,73+,74-,78?,79-,81+,82-,85-,86+,88-,89+,93+,94-/m0/s1/i102+2. The van der Waals surface area contributed by atoms with E-state index in [-0.39, 0.29) is 41.4 Å². The molecule has 6 nitrogen and oxygen atoms in total. The van der Waals surface area contributed by atoms with Crippen molar-refractivity contribution in [2.24, 2.45) is 225 Å². The van der Waals surface area contributed by atoms with Crippen molar-refractivity contribution in [2.75, 3.05) is 0 Å². The van der Waals surface area contributed by atoms with Crippen LogP contribution >= 0.6 is 0 Å². The summed E-state index contributed by atoms with van der Waals surface area (Å²) in [5, 5.41) is 72.1. The highest BCUT2D eigenvalue weighted by Gasteiger charge is 2.89. The monoisotopic (exact) mass is 1400 g/mol. The molecule has 109 heavy (non-hydrogen) atoms. The maximum atomic E-state index is 15.8. The lowest BCUT2D eigenvalue weighted by Crippen LogP contribution is -2.84. The number of allylic oxidation sites excluding steroid dienone is 9. The Balaban J connectivity index is 0.878. The number of aromatic carboxylic acids is 1. The fourth-order valence-electron chi connectivity index (χ4n) is 48.0. The zero-order chi connectivity index (χ0) is 67.7. The van der Waals surface area contributed by atoms with Crippen molar-refractivity contribution >= 4 is 171 Å². The smallest absolute Gasteiger partial charge is 0.336 e. The third-order valence-electron chi connectivity index (χ3n) is 46.5. The number of rotatable bonds is 3. The molecule has 12 aromatic carbocycles. The minimum absolute atomic E-state index is 0.0268. The van der Waals surface area contributed by atoms with Gasteiger partial charge in [-0.15, -0.1) is 0 Å². The van der Waals surface area contributed by atoms with Gasteiger partial charge < -0.3 is 15.3 Å². The van der Waals surface area contributed by atoms with Gasteiger partial charge in [0.1, 0.15) is 0 Å². The molecule has 16 fully saturated rings. The van der Waals surface area contributed by atoms with Crippen LogP contribution in [0, 0.1) is 225 Å². The lowest BCUT2D eigenvalue weighted by Gasteiger charge is -2.88. The summed E-state index contributed by atoms with van der Waals surface area (Å²) in [6, 6.07) is 13.2. The van der Waals surface area contributed by atoms with Gasteiger partial charge in [-0.3, -0.25) is 4.79 Å². The van der Waals surface area contributed by atoms with Gasteiger partial charge in [0.25, 0.3) is 0 Å². The van der Waals surface area contributed by atoms with E-state index in [1.807, 2.05) is 16.7 Å². The van der Waals surface area contributed by atoms with Crippen LogP contribution in [0.3, 0.4) is 0 Å². The summed E-state index contributed by atoms with van der Waals surface area (Å²) in [4.78, 5) is 47.4. The summed E-state index contributed by atoms with van der Waals surface area (Å²) in [5.41, 5.74) is 26.0. The van der Waals surface area contributed by atoms with Gasteiger partial charge in [0.05, 0.1) is 17.1 Å². The summed E-state index contributed by atoms with van der Waals surface area (Å²) in [7, 11) is 0. The lowest BCUT2D eigenvalue weighted by molar-refractivity contribution is -0.384. The minimum Gasteiger partial charge on any atom is -0.481 e. The Hall–Kier alpha value is -8.09. The van der Waals surface area contributed by atoms with Crippen LogP contribution in [-0.4, -0.2) is 33.2 Å². The largest absolute Gasteiger partial charge is 0.481 e. The molecule has 42 atom stereocenters. The second-order valence-electron chi connectivity index (χ2n) is 45.2. The first-order chi connectivity index (χ1) is 53.8. The highest BCUT2D eigenvalue weighted by Crippen LogP contribution is 2.95. The number of fused-ring (bicyclic) bond motifs is 10. The molecule has 518 valence electrons. The molecule has 0 saturated heterocycles. The van der Waals surface area contributed by atoms with Gasteiger partial charge in [-0.25, -0.2) is 9.59 Å². The molecule has 6 heteroatoms. The fraction of sp³-hybridized carbons (Fsp3) is 0.485. The number of carbonyl (C=O) groups is 3. The molecule has 0 aliphatic heterocycles. The van der Waals surface area contributed by atoms with Gasteiger partial charge in [0.15, 0.2) is 0 Å². The molecule has 0 spiro atoms. The fourth-order valence-corrected chi connectivity index (χ4v) is 48.0. The highest BCUT2D eigenvalue weighted by molar-refractivity contribution is 6.60. The van der Waals surface area contributed by atoms with Crippen LogP contribution in [-0.2, 0) is 9.59 Å². The van der Waals surface area contributed by atoms with Crippen LogP contribution < -0.4 is 10.4 Å². The predicted octanol–water partition coefficient (Wildman–Crippen LogP) is 18.3. The van der Waals surface area contributed by atoms with Crippen molar-refractivity contribution in [3.8, 4) is 0 Å². The van der Waals surface area contributed by atoms with Crippen LogP contribution in [0.2, 0.25) is 0 Å². The Kier molecular flexibility index (Phi) is 6.39. The second kappa shape index (κ2) is 13.7. The molecule has 41 rings (SSSR count). The third-order valence-corrected chi connectivity index (χ3v) is 46.5. The molecule has 8 unspecified atom stereocenters. The van der Waals surface area contributed by atoms with Crippen molar-refractivity contribution in [1.29, 1.82) is 0 Å². The molecule has 16 saturated carbocycles. The van der Waals surface area contributed by atoms with E-state index in [9.17, 15) is 15.3 Å². The molecule has 0 radical (unpaired) electrons. The lowest BCUT2D eigenvalue weighted by atomic mass is 9.16. The van der Waals surface area contributed by atoms with Gasteiger partial charge in [-0.1, -0.05) is 53.6 Å². The van der Waals surface area contributed by atoms with Crippen molar-refractivity contribution in [1.82, 2.24) is 0 Å². The highest BCUT2D eigenvalue weighted by atomic mass is 16.6. The first-order valence-electron chi connectivity index (χ1n) is 44.9. The number of carboxylic acid groups (broad SMARTS) is 3. The van der Waals surface area contributed by atoms with E-state index in [1.54, 1.807) is 93.2 Å². The van der Waals surface area contributed by atoms with Crippen molar-refractivity contribution < 1.29 is 29.7 Å². The SMILES string of the molecule is O=C(O)C1=C2C3c4c(c5c([14C](=O)O)cc6c7c8c9c%10c%11c%12c%13c%14ccc%15c%16ccc%17c%18c%19c%20c(c4c4c5c6c9c5c%11c(c%13%15)c(c%18%16)c%20c45)C4=C5C%19[C@@H]6C%17=CC[C@H]9[C@H]%11CC[C@H]%13[C@H]%15CC=C%14C%14C%12C%12=C%10C%10C8C(C(C(=O)O)C=7)[C@H]7CC[C@H]8[C@H]%16CC[C@@H]2[C@@H]2[C@H]%16[C@@H]%16[C@@H]%17[C@H]8[C@H]7[C@H]%10[C@@H]7[C@H]%12[C@H]([C@H]%14%15)[C@@H]8[C@H]%13[C@H]%11[C@@H]%10[C@@H]([C@H]5[C@@H]([C@H]%16[C@@H]%10[C@@H]8[C@H]%177)[C@@H]2[C@@H]43)[C@H]96)=C1. The maximum Gasteiger partial charge on any atom is 0.336 e. The molecule has 29 aliphatic carbocycles. The van der Waals surface area contributed by atoms with Gasteiger partial charge in [0, 0.05) is 28.5 Å². The molecule has 12 aromatic rings. The van der Waals surface area contributed by atoms with Crippen LogP contribution in [0.4, 0.5) is 0 Å². The number of hydrogen-bond donors (Lipinski definition) is 3. The Bertz CT molecular complexity index is 7670. The average Bonchev–Trinajstić information content (AvgIpc) is 0.600. The molecule has 0 amide bonds. The molecule has 3 N–H and O–H groups in total. The van der Waals surface area contributed by atoms with Crippen molar-refractivity contribution in [3.63, 3.8) is 0 Å². The summed E-state index contributed by atoms with van der Waals surface area (Å²) in [6.07, 6.45) is 20.8. The molecule has 0 heterocycles. The van der Waals surface area contributed by atoms with E-state index in [0.29, 0.717) is 159 Å². The van der Waals surface area contributed by atoms with Gasteiger partial charge in [-0.05, 0) is 479 Å². The Morgan fingerprint density at radius 3 is 1.41 bits per heavy atom. The zero-order valence-electron chi connectivity index (χ0n) is 59.7. The summed E-state index contributed by atoms with van der Waals surface area (Å²) < 4.78 is 0. The predicted molar refractivity (Wildman–Crippen MR) is 414 cm³/mol. The van der Waals surface area contributed by atoms with Gasteiger partial charge >= 0.3 is 17.9 Å². The summed E-state index contributed by atoms with van der Waals surface area (Å²) >= 11 is 0. The van der Waals surface area contributed by atoms with E-state index >= 15 is 14.4 Å². The van der Waals surface area contributed by atoms with Crippen LogP contribution in [0.15, 0.2) is 64.8 Å². The quantitative estimate of drug-likeness (QED) is 0.120. The Labute approximate surface area is 621 Å². The first-order valence-corrected chi connectivity index (χ1v) is 44.9. The maximum absolute atomic E-state index is 15.8. The van der Waals surface area contributed by atoms with E-state index in [0.717, 1.165) is 92.7 Å². The second-order valence-corrected chi connectivity index (χ2v) is 45.2. The molecular weight excluding hydrogens is 1340 g/mol. The summed E-state index contributed by atoms with van der Waals surface area (Å²) in [6.45, 7) is 0. The number of hydrogen-bond acceptors (Lipinski definition) is 3. The number of aliphatic carboxylic acids is 2. The minimum atomic E-state index is -0.941. The van der Waals surface area contributed by atoms with E-state index in [1.165, 1.54) is 114 Å². The van der Waals surface area contributed by atoms with E-state index in [2.05, 4.69) is 54.6 Å². The van der Waals surface area contributed by atoms with Crippen LogP contribution in [0.1, 0.15) is 130 Å². The Morgan fingerprint density at radius 1 is 0.358 bits per heavy atom. The average molecular weight is 1410 g/mol. The van der Waals surface area contributed by atoms with Crippen molar-refractivity contribution in [2.45, 2.75) is 75.0 Å². The number of carboxylic acids is 3. The molecule has 29 aliphatic rings. The number of benzene rings is 12. The van der Waals surface area contributed by atoms with E-state index in [4.69, 9.17) is 0 Å². The zero-order valence-corrected chi connectivity index (χ0v) is 59.7. The first kappa shape index (κ1) is 50.7. The summed E-state index contributed by atoms with van der Waals surface area (Å²) in [5.74, 6) is 18.8.